The van der Waals surface area contributed by atoms with Crippen molar-refractivity contribution >= 4 is 60.5 Å². The van der Waals surface area contributed by atoms with E-state index in [0.717, 1.165) is 189 Å². The van der Waals surface area contributed by atoms with E-state index < -0.39 is 10.0 Å². The molecule has 0 bridgehead atoms. The van der Waals surface area contributed by atoms with Crippen LogP contribution in [0.2, 0.25) is 0 Å². The molecule has 17 heteroatoms. The molecular formula is C89H106N8O8S. The first-order valence-corrected chi connectivity index (χ1v) is 39.2. The highest BCUT2D eigenvalue weighted by Crippen LogP contribution is 2.40. The van der Waals surface area contributed by atoms with Gasteiger partial charge in [-0.25, -0.2) is 8.42 Å². The Morgan fingerprint density at radius 2 is 0.745 bits per heavy atom. The lowest BCUT2D eigenvalue weighted by molar-refractivity contribution is -0.384. The van der Waals surface area contributed by atoms with E-state index in [1.165, 1.54) is 22.4 Å². The lowest BCUT2D eigenvalue weighted by Crippen LogP contribution is -2.48. The monoisotopic (exact) mass is 1450 g/mol. The molecule has 3 fully saturated rings. The number of aliphatic hydroxyl groups is 3. The van der Waals surface area contributed by atoms with Gasteiger partial charge >= 0.3 is 0 Å². The number of aliphatic hydroxyl groups excluding tert-OH is 3. The fraction of sp³-hybridized carbons (Fsp3) is 0.326. The molecule has 9 aromatic rings. The Hall–Kier alpha value is -9.37. The van der Waals surface area contributed by atoms with Crippen LogP contribution in [-0.4, -0.2) is 183 Å². The Morgan fingerprint density at radius 3 is 1.07 bits per heavy atom. The third-order valence-electron chi connectivity index (χ3n) is 20.1. The van der Waals surface area contributed by atoms with Gasteiger partial charge < -0.3 is 35.1 Å². The van der Waals surface area contributed by atoms with E-state index in [-0.39, 0.29) is 36.2 Å². The zero-order valence-corrected chi connectivity index (χ0v) is 63.1. The van der Waals surface area contributed by atoms with Gasteiger partial charge in [0.1, 0.15) is 5.75 Å². The van der Waals surface area contributed by atoms with Gasteiger partial charge in [0.25, 0.3) is 5.69 Å². The Morgan fingerprint density at radius 1 is 0.425 bits per heavy atom. The fourth-order valence-corrected chi connectivity index (χ4v) is 14.8. The molecule has 5 N–H and O–H groups in total. The van der Waals surface area contributed by atoms with Crippen molar-refractivity contribution in [2.45, 2.75) is 71.5 Å². The van der Waals surface area contributed by atoms with Crippen molar-refractivity contribution in [3.63, 3.8) is 0 Å². The van der Waals surface area contributed by atoms with Crippen LogP contribution in [0.1, 0.15) is 114 Å². The van der Waals surface area contributed by atoms with E-state index in [1.54, 1.807) is 36.4 Å². The van der Waals surface area contributed by atoms with Crippen molar-refractivity contribution in [1.29, 1.82) is 0 Å². The second-order valence-corrected chi connectivity index (χ2v) is 29.9. The van der Waals surface area contributed by atoms with Crippen molar-refractivity contribution in [3.05, 3.63) is 308 Å². The van der Waals surface area contributed by atoms with Gasteiger partial charge in [-0.05, 0) is 210 Å². The summed E-state index contributed by atoms with van der Waals surface area (Å²) in [6, 6.07) is 79.6. The van der Waals surface area contributed by atoms with Crippen LogP contribution in [0.5, 0.6) is 5.75 Å². The lowest BCUT2D eigenvalue weighted by atomic mass is 9.87. The van der Waals surface area contributed by atoms with Gasteiger partial charge in [-0.3, -0.25) is 29.5 Å². The summed E-state index contributed by atoms with van der Waals surface area (Å²) in [5, 5.41) is 49.9. The number of aromatic hydroxyl groups is 1. The molecule has 0 amide bonds. The van der Waals surface area contributed by atoms with E-state index in [9.17, 15) is 39.0 Å². The Kier molecular flexibility index (Phi) is 29.8. The minimum Gasteiger partial charge on any atom is -0.508 e. The van der Waals surface area contributed by atoms with Crippen LogP contribution in [0.25, 0.3) is 33.4 Å². The molecule has 0 atom stereocenters. The number of piperazine rings is 3. The summed E-state index contributed by atoms with van der Waals surface area (Å²) in [7, 11) is 0.996. The average Bonchev–Trinajstić information content (AvgIpc) is 0.801. The second-order valence-electron chi connectivity index (χ2n) is 28.2. The molecule has 0 unspecified atom stereocenters. The van der Waals surface area contributed by atoms with Crippen LogP contribution in [0.15, 0.2) is 237 Å². The predicted molar refractivity (Wildman–Crippen MR) is 436 cm³/mol. The molecule has 3 aliphatic heterocycles. The zero-order valence-electron chi connectivity index (χ0n) is 62.3. The Bertz CT molecular complexity index is 4390. The highest BCUT2D eigenvalue weighted by molar-refractivity contribution is 7.92. The molecule has 3 aliphatic rings. The van der Waals surface area contributed by atoms with E-state index >= 15 is 0 Å². The number of allylic oxidation sites excluding steroid dienone is 3. The smallest absolute Gasteiger partial charge is 0.269 e. The molecule has 3 saturated heterocycles. The largest absolute Gasteiger partial charge is 0.508 e. The van der Waals surface area contributed by atoms with E-state index in [2.05, 4.69) is 183 Å². The van der Waals surface area contributed by atoms with Gasteiger partial charge in [-0.15, -0.1) is 0 Å². The zero-order chi connectivity index (χ0) is 74.8. The molecule has 0 aromatic heterocycles. The SMILES string of the molecule is CC(C)N1CCN(c2ccc(/C(=C(/CCCO)c3ccccc3)c3ccc(NS(C)(=O)=O)cc3)cc2)CC1.CN1CCN(Cc2ccc(/C(=C(/CCCO)c3ccccc3)c3ccc(O)cc3)cc2)CC1.CN1CCN(Cc2ccc(/C(=C(/CCCO)c3ccccc3)c3ccc([N+](=O)[O-])cc3)cc2)CC1. The number of rotatable bonds is 27. The Balaban J connectivity index is 0.000000171. The van der Waals surface area contributed by atoms with Gasteiger partial charge in [-0.1, -0.05) is 176 Å². The van der Waals surface area contributed by atoms with Crippen LogP contribution in [-0.2, 0) is 23.1 Å². The molecule has 16 nitrogen and oxygen atoms in total. The summed E-state index contributed by atoms with van der Waals surface area (Å²) in [5.41, 5.74) is 20.9. The number of sulfonamides is 1. The first-order valence-electron chi connectivity index (χ1n) is 37.3. The third-order valence-corrected chi connectivity index (χ3v) is 20.7. The molecule has 106 heavy (non-hydrogen) atoms. The number of non-ortho nitro benzene ring substituents is 1. The number of nitro groups is 1. The van der Waals surface area contributed by atoms with E-state index in [4.69, 9.17) is 0 Å². The van der Waals surface area contributed by atoms with Crippen molar-refractivity contribution in [3.8, 4) is 5.75 Å². The van der Waals surface area contributed by atoms with Crippen LogP contribution < -0.4 is 9.62 Å². The molecule has 0 spiro atoms. The number of nitrogens with zero attached hydrogens (tertiary/aromatic N) is 7. The van der Waals surface area contributed by atoms with Crippen molar-refractivity contribution in [1.82, 2.24) is 24.5 Å². The van der Waals surface area contributed by atoms with Gasteiger partial charge in [0.15, 0.2) is 0 Å². The maximum atomic E-state index is 11.7. The summed E-state index contributed by atoms with van der Waals surface area (Å²) < 4.78 is 26.0. The van der Waals surface area contributed by atoms with Crippen molar-refractivity contribution in [2.75, 3.05) is 128 Å². The molecule has 0 saturated carbocycles. The number of anilines is 2. The van der Waals surface area contributed by atoms with E-state index in [1.807, 2.05) is 78.9 Å². The first-order chi connectivity index (χ1) is 51.4. The molecule has 9 aromatic carbocycles. The number of hydrogen-bond acceptors (Lipinski definition) is 14. The number of nitrogens with one attached hydrogen (secondary N) is 1. The quantitative estimate of drug-likeness (QED) is 0.0186. The second kappa shape index (κ2) is 39.8. The fourth-order valence-electron chi connectivity index (χ4n) is 14.2. The number of hydrogen-bond donors (Lipinski definition) is 5. The normalized spacial score (nSPS) is 15.7. The number of phenols is 1. The molecule has 3 heterocycles. The standard InChI is InChI=1S/C31H39N3O3S.C29H33N3O3.C29H34N2O2/c1-24(2)33-19-21-34(22-20-33)29-17-13-27(14-18-29)31(26-11-15-28(16-12-26)32-38(3,36)37)30(10-7-23-35)25-8-5-4-6-9-25;1-30-17-19-31(20-18-30)22-23-9-11-25(12-10-23)29(26-13-15-27(16-14-26)32(34)35)28(8-5-21-33)24-6-3-2-4-7-24;1-30-17-19-31(20-18-30)22-23-9-11-25(12-10-23)29(26-13-15-27(33)16-14-26)28(8-5-21-32)24-6-3-2-4-7-24/h4-6,8-9,11-18,24,32,35H,7,10,19-23H2,1-3H3;2-4,6-7,9-16,33H,5,8,17-22H2,1H3;2-4,6-7,9-16,32-33H,5,8,17-22H2,1H3/b31-30-;2*29-28+. The first kappa shape index (κ1) is 79.2. The molecule has 12 rings (SSSR count). The maximum Gasteiger partial charge on any atom is 0.269 e. The van der Waals surface area contributed by atoms with Gasteiger partial charge in [0.05, 0.1) is 11.2 Å². The predicted octanol–water partition coefficient (Wildman–Crippen LogP) is 15.3. The van der Waals surface area contributed by atoms with Gasteiger partial charge in [0, 0.05) is 141 Å². The molecule has 556 valence electrons. The lowest BCUT2D eigenvalue weighted by Gasteiger charge is -2.38. The van der Waals surface area contributed by atoms with Crippen LogP contribution in [0.3, 0.4) is 0 Å². The number of likely N-dealkylation sites (N-methyl/N-ethyl adjacent to an activating group) is 2. The minimum absolute atomic E-state index is 0.0762. The minimum atomic E-state index is -3.36. The maximum absolute atomic E-state index is 11.7. The summed E-state index contributed by atoms with van der Waals surface area (Å²) in [6.45, 7) is 19.7. The van der Waals surface area contributed by atoms with Crippen molar-refractivity contribution < 1.29 is 33.8 Å². The summed E-state index contributed by atoms with van der Waals surface area (Å²) in [5.74, 6) is 0.261. The highest BCUT2D eigenvalue weighted by atomic mass is 32.2. The topological polar surface area (TPSA) is 190 Å². The molecule has 0 radical (unpaired) electrons. The molecule has 0 aliphatic carbocycles. The van der Waals surface area contributed by atoms with Gasteiger partial charge in [-0.2, -0.15) is 0 Å². The van der Waals surface area contributed by atoms with Crippen LogP contribution in [0.4, 0.5) is 17.1 Å². The summed E-state index contributed by atoms with van der Waals surface area (Å²) in [6.07, 6.45) is 5.35. The third kappa shape index (κ3) is 23.1. The highest BCUT2D eigenvalue weighted by Gasteiger charge is 2.23. The molecular weight excluding hydrogens is 1340 g/mol. The van der Waals surface area contributed by atoms with Crippen LogP contribution >= 0.6 is 0 Å². The number of nitro benzene ring substituents is 1. The number of benzene rings is 9. The van der Waals surface area contributed by atoms with Crippen molar-refractivity contribution in [2.24, 2.45) is 0 Å². The van der Waals surface area contributed by atoms with E-state index in [0.29, 0.717) is 37.4 Å². The average molecular weight is 1450 g/mol. The van der Waals surface area contributed by atoms with Crippen LogP contribution in [0, 0.1) is 10.1 Å². The number of phenolic OH excluding ortho intramolecular Hbond substituents is 1. The van der Waals surface area contributed by atoms with Gasteiger partial charge in [0.2, 0.25) is 10.0 Å². The summed E-state index contributed by atoms with van der Waals surface area (Å²) >= 11 is 0. The Labute approximate surface area is 628 Å². The summed E-state index contributed by atoms with van der Waals surface area (Å²) in [4.78, 5) is 25.6.